The van der Waals surface area contributed by atoms with Gasteiger partial charge in [-0.15, -0.1) is 0 Å². The first kappa shape index (κ1) is 22.7. The maximum atomic E-state index is 15.0. The van der Waals surface area contributed by atoms with E-state index in [1.54, 1.807) is 38.4 Å². The van der Waals surface area contributed by atoms with Gasteiger partial charge in [-0.1, -0.05) is 23.2 Å². The molecule has 0 radical (unpaired) electrons. The fourth-order valence-corrected chi connectivity index (χ4v) is 4.44. The smallest absolute Gasteiger partial charge is 0.263 e. The van der Waals surface area contributed by atoms with Gasteiger partial charge in [-0.05, 0) is 42.8 Å². The van der Waals surface area contributed by atoms with Crippen LogP contribution in [0.4, 0.5) is 10.2 Å². The Bertz CT molecular complexity index is 1480. The minimum atomic E-state index is -0.563. The van der Waals surface area contributed by atoms with Gasteiger partial charge in [-0.3, -0.25) is 9.36 Å². The Morgan fingerprint density at radius 1 is 1.15 bits per heavy atom. The van der Waals surface area contributed by atoms with Crippen molar-refractivity contribution < 1.29 is 9.13 Å². The lowest BCUT2D eigenvalue weighted by Crippen LogP contribution is -2.39. The molecule has 1 aliphatic heterocycles. The summed E-state index contributed by atoms with van der Waals surface area (Å²) < 4.78 is 22.4. The highest BCUT2D eigenvalue weighted by Crippen LogP contribution is 2.33. The number of pyridine rings is 2. The summed E-state index contributed by atoms with van der Waals surface area (Å²) in [5.74, 6) is 0.557. The maximum Gasteiger partial charge on any atom is 0.263 e. The van der Waals surface area contributed by atoms with Crippen molar-refractivity contribution in [2.24, 2.45) is 7.05 Å². The van der Waals surface area contributed by atoms with Crippen LogP contribution in [-0.4, -0.2) is 39.2 Å². The average Bonchev–Trinajstić information content (AvgIpc) is 2.82. The highest BCUT2D eigenvalue weighted by Gasteiger charge is 2.26. The van der Waals surface area contributed by atoms with Crippen molar-refractivity contribution in [1.82, 2.24) is 19.5 Å². The average molecular weight is 500 g/mol. The molecule has 174 valence electrons. The van der Waals surface area contributed by atoms with Gasteiger partial charge < -0.3 is 9.64 Å². The Morgan fingerprint density at radius 2 is 1.97 bits per heavy atom. The summed E-state index contributed by atoms with van der Waals surface area (Å²) in [6.45, 7) is 3.27. The van der Waals surface area contributed by atoms with E-state index in [-0.39, 0.29) is 33.3 Å². The number of hydrogen-bond acceptors (Lipinski definition) is 6. The van der Waals surface area contributed by atoms with Gasteiger partial charge in [-0.25, -0.2) is 19.3 Å². The van der Waals surface area contributed by atoms with Crippen molar-refractivity contribution in [2.75, 3.05) is 24.6 Å². The standard InChI is InChI=1S/C24H20Cl2FN5O2/c1-13-29-18-11-21(32-7-8-34-19(12-32)14-5-6-28-20(26)9-14)30-23(22(18)24(33)31(13)2)16-4-3-15(25)10-17(16)27/h3-6,9-11,19H,7-8,12H2,1-2H3/t19-/m1/s1. The predicted molar refractivity (Wildman–Crippen MR) is 130 cm³/mol. The van der Waals surface area contributed by atoms with Crippen LogP contribution in [0.15, 0.2) is 47.4 Å². The number of morpholine rings is 1. The summed E-state index contributed by atoms with van der Waals surface area (Å²) in [5.41, 5.74) is 1.47. The van der Waals surface area contributed by atoms with E-state index in [1.165, 1.54) is 16.7 Å². The van der Waals surface area contributed by atoms with Crippen LogP contribution >= 0.6 is 23.2 Å². The van der Waals surface area contributed by atoms with Crippen LogP contribution in [0.2, 0.25) is 10.2 Å². The molecule has 1 atom stereocenters. The van der Waals surface area contributed by atoms with Crippen LogP contribution in [0, 0.1) is 12.7 Å². The third-order valence-corrected chi connectivity index (χ3v) is 6.41. The minimum Gasteiger partial charge on any atom is -0.370 e. The topological polar surface area (TPSA) is 73.1 Å². The van der Waals surface area contributed by atoms with E-state index in [0.717, 1.165) is 5.56 Å². The van der Waals surface area contributed by atoms with Crippen molar-refractivity contribution >= 4 is 39.9 Å². The molecular formula is C24H20Cl2FN5O2. The van der Waals surface area contributed by atoms with E-state index in [4.69, 9.17) is 32.9 Å². The lowest BCUT2D eigenvalue weighted by molar-refractivity contribution is 0.0395. The fourth-order valence-electron chi connectivity index (χ4n) is 4.10. The fraction of sp³-hybridized carbons (Fsp3) is 0.250. The number of nitrogens with zero attached hydrogens (tertiary/aromatic N) is 5. The predicted octanol–water partition coefficient (Wildman–Crippen LogP) is 4.72. The Hall–Kier alpha value is -3.07. The number of benzene rings is 1. The van der Waals surface area contributed by atoms with Gasteiger partial charge in [0.15, 0.2) is 0 Å². The first-order valence-corrected chi connectivity index (χ1v) is 11.4. The first-order chi connectivity index (χ1) is 16.3. The highest BCUT2D eigenvalue weighted by molar-refractivity contribution is 6.30. The number of aromatic nitrogens is 4. The summed E-state index contributed by atoms with van der Waals surface area (Å²) in [4.78, 5) is 28.6. The Morgan fingerprint density at radius 3 is 2.74 bits per heavy atom. The Balaban J connectivity index is 1.66. The van der Waals surface area contributed by atoms with Gasteiger partial charge in [0, 0.05) is 43.0 Å². The number of hydrogen-bond donors (Lipinski definition) is 0. The molecule has 0 amide bonds. The maximum absolute atomic E-state index is 15.0. The number of anilines is 1. The zero-order valence-electron chi connectivity index (χ0n) is 18.4. The molecule has 0 aliphatic carbocycles. The summed E-state index contributed by atoms with van der Waals surface area (Å²) in [7, 11) is 1.63. The van der Waals surface area contributed by atoms with Crippen molar-refractivity contribution in [3.8, 4) is 11.3 Å². The lowest BCUT2D eigenvalue weighted by atomic mass is 10.1. The quantitative estimate of drug-likeness (QED) is 0.379. The SMILES string of the molecule is Cc1nc2cc(N3CCO[C@@H](c4ccnc(Cl)c4)C3)nc(-c3ccc(Cl)cc3F)c2c(=O)n1C. The molecule has 0 N–H and O–H groups in total. The van der Waals surface area contributed by atoms with E-state index in [0.29, 0.717) is 42.0 Å². The molecule has 7 nitrogen and oxygen atoms in total. The van der Waals surface area contributed by atoms with Crippen molar-refractivity contribution in [1.29, 1.82) is 0 Å². The Labute approximate surface area is 204 Å². The molecule has 0 bridgehead atoms. The van der Waals surface area contributed by atoms with Gasteiger partial charge in [0.25, 0.3) is 5.56 Å². The first-order valence-electron chi connectivity index (χ1n) is 10.6. The molecular weight excluding hydrogens is 480 g/mol. The van der Waals surface area contributed by atoms with E-state index in [2.05, 4.69) is 9.97 Å². The van der Waals surface area contributed by atoms with Crippen LogP contribution < -0.4 is 10.5 Å². The number of rotatable bonds is 3. The second kappa shape index (κ2) is 8.94. The van der Waals surface area contributed by atoms with Crippen LogP contribution in [0.5, 0.6) is 0 Å². The second-order valence-electron chi connectivity index (χ2n) is 8.09. The highest BCUT2D eigenvalue weighted by atomic mass is 35.5. The molecule has 1 saturated heterocycles. The monoisotopic (exact) mass is 499 g/mol. The molecule has 5 rings (SSSR count). The van der Waals surface area contributed by atoms with Gasteiger partial charge in [0.05, 0.1) is 23.2 Å². The normalized spacial score (nSPS) is 16.3. The number of aryl methyl sites for hydroxylation is 1. The van der Waals surface area contributed by atoms with Crippen molar-refractivity contribution in [3.63, 3.8) is 0 Å². The van der Waals surface area contributed by atoms with Gasteiger partial charge >= 0.3 is 0 Å². The number of halogens is 3. The lowest BCUT2D eigenvalue weighted by Gasteiger charge is -2.34. The summed E-state index contributed by atoms with van der Waals surface area (Å²) in [6.07, 6.45) is 1.39. The minimum absolute atomic E-state index is 0.185. The molecule has 1 aromatic carbocycles. The number of ether oxygens (including phenoxy) is 1. The molecule has 0 saturated carbocycles. The molecule has 10 heteroatoms. The Kier molecular flexibility index (Phi) is 5.97. The molecule has 1 fully saturated rings. The van der Waals surface area contributed by atoms with Gasteiger partial charge in [0.2, 0.25) is 0 Å². The van der Waals surface area contributed by atoms with E-state index in [9.17, 15) is 9.18 Å². The second-order valence-corrected chi connectivity index (χ2v) is 8.91. The molecule has 3 aromatic heterocycles. The summed E-state index contributed by atoms with van der Waals surface area (Å²) in [5, 5.41) is 0.900. The zero-order chi connectivity index (χ0) is 24.0. The molecule has 0 spiro atoms. The molecule has 34 heavy (non-hydrogen) atoms. The molecule has 4 heterocycles. The van der Waals surface area contributed by atoms with Crippen LogP contribution in [0.1, 0.15) is 17.5 Å². The summed E-state index contributed by atoms with van der Waals surface area (Å²) in [6, 6.07) is 9.71. The summed E-state index contributed by atoms with van der Waals surface area (Å²) >= 11 is 12.0. The van der Waals surface area contributed by atoms with E-state index < -0.39 is 5.82 Å². The van der Waals surface area contributed by atoms with Gasteiger partial charge in [-0.2, -0.15) is 0 Å². The van der Waals surface area contributed by atoms with E-state index >= 15 is 0 Å². The molecule has 4 aromatic rings. The zero-order valence-corrected chi connectivity index (χ0v) is 19.9. The van der Waals surface area contributed by atoms with Crippen LogP contribution in [0.25, 0.3) is 22.2 Å². The third-order valence-electron chi connectivity index (χ3n) is 5.97. The van der Waals surface area contributed by atoms with Crippen molar-refractivity contribution in [3.05, 3.63) is 80.3 Å². The van der Waals surface area contributed by atoms with E-state index in [1.807, 2.05) is 11.0 Å². The largest absolute Gasteiger partial charge is 0.370 e. The number of fused-ring (bicyclic) bond motifs is 1. The van der Waals surface area contributed by atoms with Gasteiger partial charge in [0.1, 0.15) is 28.7 Å². The van der Waals surface area contributed by atoms with Crippen LogP contribution in [0.3, 0.4) is 0 Å². The molecule has 1 aliphatic rings. The van der Waals surface area contributed by atoms with Crippen LogP contribution in [-0.2, 0) is 11.8 Å². The van der Waals surface area contributed by atoms with Crippen molar-refractivity contribution in [2.45, 2.75) is 13.0 Å². The third kappa shape index (κ3) is 4.13. The molecule has 0 unspecified atom stereocenters.